The molecule has 0 aromatic heterocycles. The minimum absolute atomic E-state index is 0.0245. The summed E-state index contributed by atoms with van der Waals surface area (Å²) in [5, 5.41) is 11.8. The zero-order chi connectivity index (χ0) is 27.1. The molecule has 1 aromatic rings. The van der Waals surface area contributed by atoms with Gasteiger partial charge in [0.2, 0.25) is 5.91 Å². The van der Waals surface area contributed by atoms with Crippen molar-refractivity contribution in [3.63, 3.8) is 0 Å². The third-order valence-corrected chi connectivity index (χ3v) is 10.4. The molecule has 204 valence electrons. The summed E-state index contributed by atoms with van der Waals surface area (Å²) in [7, 11) is 0. The van der Waals surface area contributed by atoms with Crippen LogP contribution in [0.2, 0.25) is 0 Å². The number of esters is 1. The molecule has 6 atom stereocenters. The van der Waals surface area contributed by atoms with Crippen LogP contribution in [0.5, 0.6) is 0 Å². The van der Waals surface area contributed by atoms with Gasteiger partial charge in [0, 0.05) is 24.8 Å². The van der Waals surface area contributed by atoms with E-state index in [0.717, 1.165) is 50.5 Å². The Labute approximate surface area is 224 Å². The first-order valence-corrected chi connectivity index (χ1v) is 14.1. The topological polar surface area (TPSA) is 110 Å². The van der Waals surface area contributed by atoms with Crippen molar-refractivity contribution in [1.29, 1.82) is 0 Å². The number of hydrogen-bond donors (Lipinski definition) is 2. The van der Waals surface area contributed by atoms with E-state index in [9.17, 15) is 19.2 Å². The van der Waals surface area contributed by atoms with E-state index in [1.54, 1.807) is 12.1 Å². The number of rotatable bonds is 7. The Morgan fingerprint density at radius 1 is 0.974 bits per heavy atom. The standard InChI is InChI=1S/C31H39NO6/c1-30-15-13-22(33)17-21(30)7-8-23-24-9-10-26(31(24,2)16-14-25(23)30)38-28(35)12-11-27(34)32-18-19-3-5-20(6-4-19)29(36)37/h3-6,17,23-26H,7-16,18H2,1-2H3,(H,32,34)(H,36,37)/t23-,24+,25-,26-,30+,31+/m1/s1. The van der Waals surface area contributed by atoms with Gasteiger partial charge in [-0.1, -0.05) is 31.6 Å². The Morgan fingerprint density at radius 3 is 2.47 bits per heavy atom. The van der Waals surface area contributed by atoms with Crippen LogP contribution >= 0.6 is 0 Å². The van der Waals surface area contributed by atoms with Crippen molar-refractivity contribution in [1.82, 2.24) is 5.32 Å². The van der Waals surface area contributed by atoms with Gasteiger partial charge in [0.25, 0.3) is 0 Å². The highest BCUT2D eigenvalue weighted by Crippen LogP contribution is 2.65. The van der Waals surface area contributed by atoms with E-state index < -0.39 is 5.97 Å². The molecule has 4 aliphatic rings. The molecule has 2 N–H and O–H groups in total. The quantitative estimate of drug-likeness (QED) is 0.476. The Hall–Kier alpha value is -2.96. The number of amides is 1. The summed E-state index contributed by atoms with van der Waals surface area (Å²) in [4.78, 5) is 48.1. The number of carboxylic acids is 1. The molecule has 4 aliphatic carbocycles. The third kappa shape index (κ3) is 4.92. The molecular weight excluding hydrogens is 482 g/mol. The van der Waals surface area contributed by atoms with Crippen molar-refractivity contribution >= 4 is 23.6 Å². The number of benzene rings is 1. The van der Waals surface area contributed by atoms with Gasteiger partial charge in [-0.05, 0) is 91.9 Å². The summed E-state index contributed by atoms with van der Waals surface area (Å²) in [6.07, 6.45) is 9.83. The molecule has 1 amide bonds. The summed E-state index contributed by atoms with van der Waals surface area (Å²) >= 11 is 0. The fourth-order valence-corrected chi connectivity index (χ4v) is 8.19. The lowest BCUT2D eigenvalue weighted by atomic mass is 9.47. The van der Waals surface area contributed by atoms with Crippen molar-refractivity contribution < 1.29 is 29.0 Å². The van der Waals surface area contributed by atoms with Gasteiger partial charge in [-0.25, -0.2) is 4.79 Å². The molecule has 3 saturated carbocycles. The van der Waals surface area contributed by atoms with E-state index in [1.807, 2.05) is 6.08 Å². The Kier molecular flexibility index (Phi) is 7.23. The molecule has 38 heavy (non-hydrogen) atoms. The lowest BCUT2D eigenvalue weighted by Gasteiger charge is -2.57. The van der Waals surface area contributed by atoms with Crippen molar-refractivity contribution in [2.75, 3.05) is 0 Å². The van der Waals surface area contributed by atoms with Crippen LogP contribution in [0.3, 0.4) is 0 Å². The zero-order valence-corrected chi connectivity index (χ0v) is 22.5. The number of aromatic carboxylic acids is 1. The molecule has 0 bridgehead atoms. The van der Waals surface area contributed by atoms with E-state index in [2.05, 4.69) is 19.2 Å². The predicted molar refractivity (Wildman–Crippen MR) is 141 cm³/mol. The van der Waals surface area contributed by atoms with Crippen LogP contribution in [0.25, 0.3) is 0 Å². The highest BCUT2D eigenvalue weighted by atomic mass is 16.5. The monoisotopic (exact) mass is 521 g/mol. The molecular formula is C31H39NO6. The van der Waals surface area contributed by atoms with Crippen molar-refractivity contribution in [3.8, 4) is 0 Å². The lowest BCUT2D eigenvalue weighted by Crippen LogP contribution is -2.51. The molecule has 3 fully saturated rings. The molecule has 0 heterocycles. The van der Waals surface area contributed by atoms with Gasteiger partial charge in [0.15, 0.2) is 5.78 Å². The maximum absolute atomic E-state index is 12.8. The van der Waals surface area contributed by atoms with E-state index in [-0.39, 0.29) is 59.5 Å². The first-order chi connectivity index (χ1) is 18.1. The number of carbonyl (C=O) groups is 4. The molecule has 0 radical (unpaired) electrons. The molecule has 0 saturated heterocycles. The second kappa shape index (κ2) is 10.3. The highest BCUT2D eigenvalue weighted by Gasteiger charge is 2.59. The third-order valence-electron chi connectivity index (χ3n) is 10.4. The van der Waals surface area contributed by atoms with E-state index in [0.29, 0.717) is 24.2 Å². The van der Waals surface area contributed by atoms with Crippen LogP contribution < -0.4 is 5.32 Å². The minimum atomic E-state index is -0.990. The number of allylic oxidation sites excluding steroid dienone is 1. The largest absolute Gasteiger partial charge is 0.478 e. The fraction of sp³-hybridized carbons (Fsp3) is 0.613. The molecule has 7 heteroatoms. The number of nitrogens with one attached hydrogen (secondary N) is 1. The van der Waals surface area contributed by atoms with Crippen molar-refractivity contribution in [2.45, 2.75) is 90.7 Å². The fourth-order valence-electron chi connectivity index (χ4n) is 8.19. The van der Waals surface area contributed by atoms with Gasteiger partial charge < -0.3 is 15.2 Å². The predicted octanol–water partition coefficient (Wildman–Crippen LogP) is 5.22. The summed E-state index contributed by atoms with van der Waals surface area (Å²) < 4.78 is 6.03. The number of ketones is 1. The number of fused-ring (bicyclic) bond motifs is 5. The van der Waals surface area contributed by atoms with E-state index >= 15 is 0 Å². The number of hydrogen-bond acceptors (Lipinski definition) is 5. The Bertz CT molecular complexity index is 1160. The summed E-state index contributed by atoms with van der Waals surface area (Å²) in [6, 6.07) is 6.34. The smallest absolute Gasteiger partial charge is 0.335 e. The number of carboxylic acid groups (broad SMARTS) is 1. The van der Waals surface area contributed by atoms with E-state index in [1.165, 1.54) is 17.7 Å². The minimum Gasteiger partial charge on any atom is -0.478 e. The SMILES string of the molecule is C[C@]12CC[C@@H]3[C@H](CCC4=CC(=O)CC[C@@]43C)[C@@H]1CC[C@H]2OC(=O)CCC(=O)NCc1ccc(C(=O)O)cc1. The maximum Gasteiger partial charge on any atom is 0.335 e. The Balaban J connectivity index is 1.12. The average molecular weight is 522 g/mol. The molecule has 0 spiro atoms. The summed E-state index contributed by atoms with van der Waals surface area (Å²) in [6.45, 7) is 4.97. The number of carbonyl (C=O) groups excluding carboxylic acids is 3. The highest BCUT2D eigenvalue weighted by molar-refractivity contribution is 5.91. The summed E-state index contributed by atoms with van der Waals surface area (Å²) in [5.74, 6) is 0.501. The van der Waals surface area contributed by atoms with Crippen LogP contribution in [-0.4, -0.2) is 34.8 Å². The molecule has 5 rings (SSSR count). The Morgan fingerprint density at radius 2 is 1.74 bits per heavy atom. The normalized spacial score (nSPS) is 33.8. The number of ether oxygens (including phenoxy) is 1. The maximum atomic E-state index is 12.8. The van der Waals surface area contributed by atoms with Crippen molar-refractivity contribution in [3.05, 3.63) is 47.0 Å². The van der Waals surface area contributed by atoms with Gasteiger partial charge >= 0.3 is 11.9 Å². The lowest BCUT2D eigenvalue weighted by molar-refractivity contribution is -0.160. The zero-order valence-electron chi connectivity index (χ0n) is 22.5. The van der Waals surface area contributed by atoms with Crippen LogP contribution in [0.4, 0.5) is 0 Å². The average Bonchev–Trinajstić information content (AvgIpc) is 3.22. The molecule has 0 aliphatic heterocycles. The van der Waals surface area contributed by atoms with E-state index in [4.69, 9.17) is 9.84 Å². The van der Waals surface area contributed by atoms with Crippen LogP contribution in [0.15, 0.2) is 35.9 Å². The first kappa shape index (κ1) is 26.6. The molecule has 7 nitrogen and oxygen atoms in total. The van der Waals surface area contributed by atoms with Gasteiger partial charge in [0.1, 0.15) is 6.10 Å². The van der Waals surface area contributed by atoms with Gasteiger partial charge in [-0.2, -0.15) is 0 Å². The second-order valence-electron chi connectivity index (χ2n) is 12.3. The van der Waals surface area contributed by atoms with Gasteiger partial charge in [-0.15, -0.1) is 0 Å². The summed E-state index contributed by atoms with van der Waals surface area (Å²) in [5.41, 5.74) is 2.48. The van der Waals surface area contributed by atoms with Crippen LogP contribution in [-0.2, 0) is 25.7 Å². The van der Waals surface area contributed by atoms with Crippen LogP contribution in [0, 0.1) is 28.6 Å². The van der Waals surface area contributed by atoms with Crippen molar-refractivity contribution in [2.24, 2.45) is 28.6 Å². The molecule has 1 aromatic carbocycles. The van der Waals surface area contributed by atoms with Crippen LogP contribution in [0.1, 0.15) is 94.0 Å². The molecule has 0 unspecified atom stereocenters. The van der Waals surface area contributed by atoms with Gasteiger partial charge in [-0.3, -0.25) is 14.4 Å². The first-order valence-electron chi connectivity index (χ1n) is 14.1. The van der Waals surface area contributed by atoms with Gasteiger partial charge in [0.05, 0.1) is 12.0 Å². The second-order valence-corrected chi connectivity index (χ2v) is 12.3.